The number of hydrogen-bond donors (Lipinski definition) is 0. The fourth-order valence-electron chi connectivity index (χ4n) is 16.9. The minimum atomic E-state index is -0.210. The quantitative estimate of drug-likeness (QED) is 0.164. The van der Waals surface area contributed by atoms with Crippen molar-refractivity contribution in [1.29, 1.82) is 0 Å². The van der Waals surface area contributed by atoms with E-state index in [0.717, 1.165) is 100 Å². The van der Waals surface area contributed by atoms with Crippen LogP contribution in [0.5, 0.6) is 0 Å². The first-order valence-electron chi connectivity index (χ1n) is 32.9. The summed E-state index contributed by atoms with van der Waals surface area (Å²) in [7, 11) is 0. The summed E-state index contributed by atoms with van der Waals surface area (Å²) in [5, 5.41) is 14.3. The second kappa shape index (κ2) is 20.2. The van der Waals surface area contributed by atoms with Crippen LogP contribution in [0.1, 0.15) is 49.9 Å². The molecule has 0 atom stereocenters. The Hall–Kier alpha value is -11.7. The summed E-state index contributed by atoms with van der Waals surface area (Å²) >= 11 is 0. The van der Waals surface area contributed by atoms with Crippen LogP contribution >= 0.6 is 0 Å². The molecule has 0 saturated heterocycles. The maximum absolute atomic E-state index is 4.94. The summed E-state index contributed by atoms with van der Waals surface area (Å²) < 4.78 is 14.0. The van der Waals surface area contributed by atoms with Crippen molar-refractivity contribution in [2.75, 3.05) is 0 Å². The average molecular weight is 1420 g/mol. The molecule has 22 rings (SSSR count). The van der Waals surface area contributed by atoms with Crippen LogP contribution in [0.15, 0.2) is 267 Å². The zero-order valence-corrected chi connectivity index (χ0v) is 55.5. The van der Waals surface area contributed by atoms with Gasteiger partial charge in [0.25, 0.3) is 0 Å². The molecule has 10 nitrogen and oxygen atoms in total. The number of hydrogen-bond acceptors (Lipinski definition) is 4. The third kappa shape index (κ3) is 7.48. The third-order valence-corrected chi connectivity index (χ3v) is 21.2. The summed E-state index contributed by atoms with van der Waals surface area (Å²) in [4.78, 5) is 19.6. The topological polar surface area (TPSA) is 81.1 Å². The Labute approximate surface area is 570 Å². The molecule has 0 amide bonds. The number of para-hydroxylation sites is 6. The van der Waals surface area contributed by atoms with Crippen molar-refractivity contribution < 1.29 is 21.1 Å². The van der Waals surface area contributed by atoms with Crippen molar-refractivity contribution in [3.63, 3.8) is 0 Å². The summed E-state index contributed by atoms with van der Waals surface area (Å²) in [5.74, 6) is 0. The maximum Gasteiger partial charge on any atom is 2.00 e. The minimum Gasteiger partial charge on any atom is -0.358 e. The van der Waals surface area contributed by atoms with Crippen molar-refractivity contribution in [3.05, 3.63) is 302 Å². The number of nitrogens with zero attached hydrogens (tertiary/aromatic N) is 10. The Morgan fingerprint density at radius 2 is 0.680 bits per heavy atom. The van der Waals surface area contributed by atoms with E-state index in [1.807, 2.05) is 49.1 Å². The van der Waals surface area contributed by atoms with Crippen LogP contribution in [0.3, 0.4) is 0 Å². The molecule has 0 unspecified atom stereocenters. The standard InChI is InChI=1S/C43H29N5.C43H27N5.Pt/c2*1-43(2)34-21-19-26(25-39(34)48-40-31(12-7-15-35(40)43)33-14-9-23-45-42(33)48)46-36-16-5-3-10-28(36)30-20-18-27(24-38(30)46)47-37-17-6-4-11-29(37)32-13-8-22-44-41(32)47;/h3-25H,1-2H3;3-23H,1-2H3;/q;-2;+2. The van der Waals surface area contributed by atoms with E-state index in [1.165, 1.54) is 87.6 Å². The molecule has 0 fully saturated rings. The number of pyridine rings is 4. The largest absolute Gasteiger partial charge is 2.00 e. The van der Waals surface area contributed by atoms with Gasteiger partial charge in [-0.3, -0.25) is 9.13 Å². The van der Waals surface area contributed by atoms with E-state index in [4.69, 9.17) is 19.9 Å². The molecule has 11 heteroatoms. The number of aromatic nitrogens is 10. The molecular weight excluding hydrogens is 1370 g/mol. The van der Waals surface area contributed by atoms with Gasteiger partial charge in [-0.15, -0.1) is 35.2 Å². The van der Waals surface area contributed by atoms with Gasteiger partial charge in [0.15, 0.2) is 0 Å². The fraction of sp³-hybridized carbons (Fsp3) is 0.0698. The summed E-state index contributed by atoms with van der Waals surface area (Å²) in [6.07, 6.45) is 7.55. The molecule has 0 bridgehead atoms. The van der Waals surface area contributed by atoms with Gasteiger partial charge >= 0.3 is 21.1 Å². The fourth-order valence-corrected chi connectivity index (χ4v) is 16.9. The molecule has 0 N–H and O–H groups in total. The van der Waals surface area contributed by atoms with E-state index in [-0.39, 0.29) is 31.9 Å². The van der Waals surface area contributed by atoms with Crippen molar-refractivity contribution in [3.8, 4) is 34.1 Å². The number of rotatable bonds is 4. The third-order valence-electron chi connectivity index (χ3n) is 21.2. The van der Waals surface area contributed by atoms with E-state index in [9.17, 15) is 0 Å². The molecule has 2 aliphatic heterocycles. The Kier molecular flexibility index (Phi) is 11.6. The van der Waals surface area contributed by atoms with Crippen LogP contribution < -0.4 is 0 Å². The zero-order chi connectivity index (χ0) is 63.4. The molecule has 10 aromatic heterocycles. The molecule has 2 aliphatic rings. The second-order valence-electron chi connectivity index (χ2n) is 26.8. The monoisotopic (exact) mass is 1420 g/mol. The summed E-state index contributed by atoms with van der Waals surface area (Å²) in [5.41, 5.74) is 24.2. The predicted molar refractivity (Wildman–Crippen MR) is 392 cm³/mol. The van der Waals surface area contributed by atoms with Gasteiger partial charge in [0, 0.05) is 101 Å². The molecule has 0 spiro atoms. The Bertz CT molecular complexity index is 6290. The molecule has 20 aromatic rings. The van der Waals surface area contributed by atoms with Gasteiger partial charge in [-0.05, 0) is 125 Å². The molecule has 97 heavy (non-hydrogen) atoms. The first-order chi connectivity index (χ1) is 47.2. The van der Waals surface area contributed by atoms with Gasteiger partial charge in [-0.1, -0.05) is 172 Å². The van der Waals surface area contributed by atoms with Gasteiger partial charge < -0.3 is 18.3 Å². The molecule has 0 aliphatic carbocycles. The van der Waals surface area contributed by atoms with Crippen LogP contribution in [0.4, 0.5) is 0 Å². The maximum atomic E-state index is 4.94. The van der Waals surface area contributed by atoms with E-state index < -0.39 is 0 Å². The average Bonchev–Trinajstić information content (AvgIpc) is 1.59. The van der Waals surface area contributed by atoms with Crippen LogP contribution in [-0.2, 0) is 31.9 Å². The second-order valence-corrected chi connectivity index (χ2v) is 26.8. The van der Waals surface area contributed by atoms with E-state index in [1.54, 1.807) is 0 Å². The van der Waals surface area contributed by atoms with Crippen LogP contribution in [0.25, 0.3) is 165 Å². The molecule has 460 valence electrons. The van der Waals surface area contributed by atoms with Gasteiger partial charge in [0.2, 0.25) is 0 Å². The molecular formula is C86H56N10Pt. The first kappa shape index (κ1) is 55.7. The smallest absolute Gasteiger partial charge is 0.358 e. The van der Waals surface area contributed by atoms with Gasteiger partial charge in [0.05, 0.1) is 38.8 Å². The predicted octanol–water partition coefficient (Wildman–Crippen LogP) is 20.4. The van der Waals surface area contributed by atoms with Crippen LogP contribution in [-0.4, -0.2) is 47.3 Å². The Morgan fingerprint density at radius 1 is 0.278 bits per heavy atom. The zero-order valence-electron chi connectivity index (χ0n) is 53.2. The van der Waals surface area contributed by atoms with E-state index >= 15 is 0 Å². The molecule has 0 radical (unpaired) electrons. The Balaban J connectivity index is 0.000000131. The summed E-state index contributed by atoms with van der Waals surface area (Å²) in [6, 6.07) is 95.2. The SMILES string of the molecule is CC1(C)c2ccc(-n3c4[c-]c(-n5c6ccccc6c6cccnc65)ccc4c4ccccc43)[c-]c2-n2c3ncccc3c3cccc1c32.CC1(C)c2ccc(-n3c4ccccc4c4ccc(-n5c6ccccc6c6cccnc65)cc43)cc2-n2c3ncccc3c3cccc1c32.[Pt+2]. The van der Waals surface area contributed by atoms with Crippen LogP contribution in [0.2, 0.25) is 0 Å². The van der Waals surface area contributed by atoms with Crippen molar-refractivity contribution >= 4 is 131 Å². The molecule has 0 saturated carbocycles. The minimum absolute atomic E-state index is 0. The van der Waals surface area contributed by atoms with Gasteiger partial charge in [-0.2, -0.15) is 12.1 Å². The molecule has 10 aromatic carbocycles. The van der Waals surface area contributed by atoms with Crippen molar-refractivity contribution in [2.24, 2.45) is 0 Å². The Morgan fingerprint density at radius 3 is 1.30 bits per heavy atom. The number of fused-ring (bicyclic) bond motifs is 22. The summed E-state index contributed by atoms with van der Waals surface area (Å²) in [6.45, 7) is 9.34. The normalized spacial score (nSPS) is 13.6. The van der Waals surface area contributed by atoms with Crippen molar-refractivity contribution in [2.45, 2.75) is 38.5 Å². The van der Waals surface area contributed by atoms with Gasteiger partial charge in [-0.25, -0.2) is 19.9 Å². The van der Waals surface area contributed by atoms with E-state index in [0.29, 0.717) is 0 Å². The van der Waals surface area contributed by atoms with E-state index in [2.05, 4.69) is 286 Å². The molecule has 12 heterocycles. The van der Waals surface area contributed by atoms with Crippen LogP contribution in [0, 0.1) is 12.1 Å². The number of benzene rings is 10. The van der Waals surface area contributed by atoms with Crippen molar-refractivity contribution in [1.82, 2.24) is 47.3 Å². The van der Waals surface area contributed by atoms with Gasteiger partial charge in [0.1, 0.15) is 22.6 Å². The first-order valence-corrected chi connectivity index (χ1v) is 32.9.